The van der Waals surface area contributed by atoms with Crippen LogP contribution >= 0.6 is 0 Å². The number of amides is 1. The predicted octanol–water partition coefficient (Wildman–Crippen LogP) is 0.962. The molecule has 140 valence electrons. The van der Waals surface area contributed by atoms with Crippen molar-refractivity contribution in [1.82, 2.24) is 24.4 Å². The quantitative estimate of drug-likeness (QED) is 0.809. The highest BCUT2D eigenvalue weighted by atomic mass is 32.2. The summed E-state index contributed by atoms with van der Waals surface area (Å²) in [7, 11) is -1.93. The Bertz CT molecular complexity index is 872. The number of likely N-dealkylation sites (tertiary alicyclic amines) is 1. The van der Waals surface area contributed by atoms with E-state index in [1.54, 1.807) is 28.8 Å². The van der Waals surface area contributed by atoms with Gasteiger partial charge in [-0.2, -0.15) is 5.10 Å². The Balaban J connectivity index is 1.67. The molecule has 2 heterocycles. The van der Waals surface area contributed by atoms with Gasteiger partial charge in [0.25, 0.3) is 5.91 Å². The van der Waals surface area contributed by atoms with Crippen LogP contribution in [0.25, 0.3) is 0 Å². The maximum Gasteiger partial charge on any atom is 0.253 e. The van der Waals surface area contributed by atoms with Crippen molar-refractivity contribution in [3.63, 3.8) is 0 Å². The predicted molar refractivity (Wildman–Crippen MR) is 96.1 cm³/mol. The smallest absolute Gasteiger partial charge is 0.253 e. The van der Waals surface area contributed by atoms with Crippen molar-refractivity contribution in [2.45, 2.75) is 30.6 Å². The first-order chi connectivity index (χ1) is 12.5. The number of rotatable bonds is 6. The molecule has 1 saturated heterocycles. The summed E-state index contributed by atoms with van der Waals surface area (Å²) in [4.78, 5) is 18.5. The van der Waals surface area contributed by atoms with Gasteiger partial charge in [0.2, 0.25) is 10.0 Å². The highest BCUT2D eigenvalue weighted by Gasteiger charge is 2.21. The summed E-state index contributed by atoms with van der Waals surface area (Å²) in [5.41, 5.74) is 0.406. The van der Waals surface area contributed by atoms with Gasteiger partial charge in [-0.3, -0.25) is 9.48 Å². The number of carbonyl (C=O) groups is 1. The molecule has 0 radical (unpaired) electrons. The largest absolute Gasteiger partial charge is 0.339 e. The molecular weight excluding hydrogens is 354 g/mol. The van der Waals surface area contributed by atoms with Gasteiger partial charge in [-0.1, -0.05) is 6.07 Å². The minimum Gasteiger partial charge on any atom is -0.339 e. The summed E-state index contributed by atoms with van der Waals surface area (Å²) in [6, 6.07) is 6.21. The van der Waals surface area contributed by atoms with Crippen LogP contribution in [0, 0.1) is 0 Å². The average Bonchev–Trinajstić information content (AvgIpc) is 3.07. The van der Waals surface area contributed by atoms with Gasteiger partial charge in [0.1, 0.15) is 12.2 Å². The van der Waals surface area contributed by atoms with Crippen LogP contribution < -0.4 is 4.72 Å². The van der Waals surface area contributed by atoms with E-state index in [9.17, 15) is 13.2 Å². The average molecular weight is 377 g/mol. The molecule has 2 aromatic rings. The van der Waals surface area contributed by atoms with E-state index in [2.05, 4.69) is 14.8 Å². The van der Waals surface area contributed by atoms with E-state index in [1.165, 1.54) is 18.5 Å². The van der Waals surface area contributed by atoms with Gasteiger partial charge in [-0.05, 0) is 37.5 Å². The Hall–Kier alpha value is -2.26. The van der Waals surface area contributed by atoms with Gasteiger partial charge in [0.05, 0.1) is 4.90 Å². The maximum atomic E-state index is 12.6. The number of piperidine rings is 1. The molecule has 1 N–H and O–H groups in total. The van der Waals surface area contributed by atoms with Crippen LogP contribution in [0.15, 0.2) is 35.5 Å². The molecule has 1 fully saturated rings. The Morgan fingerprint density at radius 2 is 2.00 bits per heavy atom. The van der Waals surface area contributed by atoms with Crippen LogP contribution in [-0.4, -0.2) is 53.6 Å². The van der Waals surface area contributed by atoms with Crippen molar-refractivity contribution in [2.24, 2.45) is 7.05 Å². The molecule has 0 unspecified atom stereocenters. The number of nitrogens with zero attached hydrogens (tertiary/aromatic N) is 4. The fourth-order valence-electron chi connectivity index (χ4n) is 3.00. The zero-order valence-corrected chi connectivity index (χ0v) is 15.6. The number of aromatic nitrogens is 3. The topological polar surface area (TPSA) is 97.2 Å². The lowest BCUT2D eigenvalue weighted by molar-refractivity contribution is 0.0724. The first-order valence-corrected chi connectivity index (χ1v) is 10.2. The van der Waals surface area contributed by atoms with Crippen LogP contribution in [0.1, 0.15) is 35.4 Å². The van der Waals surface area contributed by atoms with E-state index >= 15 is 0 Å². The highest BCUT2D eigenvalue weighted by molar-refractivity contribution is 7.89. The minimum absolute atomic E-state index is 0.0957. The third kappa shape index (κ3) is 4.28. The first kappa shape index (κ1) is 18.5. The lowest BCUT2D eigenvalue weighted by Gasteiger charge is -2.26. The lowest BCUT2D eigenvalue weighted by Crippen LogP contribution is -2.35. The fourth-order valence-corrected chi connectivity index (χ4v) is 4.08. The van der Waals surface area contributed by atoms with E-state index in [4.69, 9.17) is 0 Å². The molecule has 8 nitrogen and oxygen atoms in total. The summed E-state index contributed by atoms with van der Waals surface area (Å²) in [5, 5.41) is 3.95. The second-order valence-corrected chi connectivity index (χ2v) is 8.10. The summed E-state index contributed by atoms with van der Waals surface area (Å²) in [6.45, 7) is 1.66. The van der Waals surface area contributed by atoms with Crippen molar-refractivity contribution in [3.05, 3.63) is 42.0 Å². The second-order valence-electron chi connectivity index (χ2n) is 6.33. The van der Waals surface area contributed by atoms with Crippen LogP contribution in [0.4, 0.5) is 0 Å². The van der Waals surface area contributed by atoms with Gasteiger partial charge < -0.3 is 4.90 Å². The molecule has 0 bridgehead atoms. The summed E-state index contributed by atoms with van der Waals surface area (Å²) < 4.78 is 29.2. The van der Waals surface area contributed by atoms with Gasteiger partial charge >= 0.3 is 0 Å². The number of sulfonamides is 1. The number of carbonyl (C=O) groups excluding carboxylic acids is 1. The Kier molecular flexibility index (Phi) is 5.67. The SMILES string of the molecule is Cn1ncnc1CCNS(=O)(=O)c1cccc(C(=O)N2CCCCC2)c1. The van der Waals surface area contributed by atoms with E-state index < -0.39 is 10.0 Å². The molecule has 0 saturated carbocycles. The van der Waals surface area contributed by atoms with E-state index in [0.29, 0.717) is 17.8 Å². The number of hydrogen-bond acceptors (Lipinski definition) is 5. The van der Waals surface area contributed by atoms with E-state index in [-0.39, 0.29) is 17.3 Å². The van der Waals surface area contributed by atoms with Crippen LogP contribution in [-0.2, 0) is 23.5 Å². The molecular formula is C17H23N5O3S. The molecule has 0 aliphatic carbocycles. The molecule has 1 amide bonds. The standard InChI is InChI=1S/C17H23N5O3S/c1-21-16(18-13-19-21)8-9-20-26(24,25)15-7-5-6-14(12-15)17(23)22-10-3-2-4-11-22/h5-7,12-13,20H,2-4,8-11H2,1H3. The Morgan fingerprint density at radius 1 is 1.23 bits per heavy atom. The maximum absolute atomic E-state index is 12.6. The number of nitrogens with one attached hydrogen (secondary N) is 1. The van der Waals surface area contributed by atoms with Crippen molar-refractivity contribution >= 4 is 15.9 Å². The van der Waals surface area contributed by atoms with Crippen LogP contribution in [0.5, 0.6) is 0 Å². The van der Waals surface area contributed by atoms with Gasteiger partial charge in [0, 0.05) is 38.7 Å². The second kappa shape index (κ2) is 7.96. The minimum atomic E-state index is -3.69. The number of hydrogen-bond donors (Lipinski definition) is 1. The van der Waals surface area contributed by atoms with Crippen molar-refractivity contribution in [2.75, 3.05) is 19.6 Å². The van der Waals surface area contributed by atoms with Crippen LogP contribution in [0.2, 0.25) is 0 Å². The molecule has 0 spiro atoms. The van der Waals surface area contributed by atoms with Crippen molar-refractivity contribution in [3.8, 4) is 0 Å². The molecule has 1 aliphatic heterocycles. The summed E-state index contributed by atoms with van der Waals surface area (Å²) in [5.74, 6) is 0.586. The third-order valence-electron chi connectivity index (χ3n) is 4.48. The molecule has 0 atom stereocenters. The molecule has 1 aromatic heterocycles. The molecule has 3 rings (SSSR count). The van der Waals surface area contributed by atoms with Crippen LogP contribution in [0.3, 0.4) is 0 Å². The third-order valence-corrected chi connectivity index (χ3v) is 5.94. The van der Waals surface area contributed by atoms with Crippen molar-refractivity contribution < 1.29 is 13.2 Å². The van der Waals surface area contributed by atoms with Gasteiger partial charge in [-0.25, -0.2) is 18.1 Å². The molecule has 9 heteroatoms. The molecule has 26 heavy (non-hydrogen) atoms. The van der Waals surface area contributed by atoms with Crippen molar-refractivity contribution in [1.29, 1.82) is 0 Å². The monoisotopic (exact) mass is 377 g/mol. The molecule has 1 aromatic carbocycles. The lowest BCUT2D eigenvalue weighted by atomic mass is 10.1. The normalized spacial score (nSPS) is 15.2. The Morgan fingerprint density at radius 3 is 2.69 bits per heavy atom. The zero-order chi connectivity index (χ0) is 18.6. The van der Waals surface area contributed by atoms with E-state index in [1.807, 2.05) is 0 Å². The van der Waals surface area contributed by atoms with E-state index in [0.717, 1.165) is 32.4 Å². The van der Waals surface area contributed by atoms with Gasteiger partial charge in [0.15, 0.2) is 0 Å². The summed E-state index contributed by atoms with van der Waals surface area (Å²) in [6.07, 6.45) is 4.98. The highest BCUT2D eigenvalue weighted by Crippen LogP contribution is 2.16. The summed E-state index contributed by atoms with van der Waals surface area (Å²) >= 11 is 0. The molecule has 1 aliphatic rings. The van der Waals surface area contributed by atoms with Gasteiger partial charge in [-0.15, -0.1) is 0 Å². The zero-order valence-electron chi connectivity index (χ0n) is 14.8. The first-order valence-electron chi connectivity index (χ1n) is 8.69. The number of aryl methyl sites for hydroxylation is 1. The Labute approximate surface area is 153 Å². The number of benzene rings is 1. The fraction of sp³-hybridized carbons (Fsp3) is 0.471.